The fraction of sp³-hybridized carbons (Fsp3) is 0.316. The van der Waals surface area contributed by atoms with Crippen molar-refractivity contribution in [2.24, 2.45) is 0 Å². The monoisotopic (exact) mass is 383 g/mol. The summed E-state index contributed by atoms with van der Waals surface area (Å²) in [6.45, 7) is 6.70. The SMILES string of the molecule is CCCn1nc(C(=O)Nc2nnc(-c3ccc(C(C)C)cc3)s2)ccc1=O. The van der Waals surface area contributed by atoms with Gasteiger partial charge in [0.05, 0.1) is 0 Å². The Morgan fingerprint density at radius 2 is 1.89 bits per heavy atom. The van der Waals surface area contributed by atoms with E-state index in [1.807, 2.05) is 19.1 Å². The molecule has 0 bridgehead atoms. The van der Waals surface area contributed by atoms with Crippen molar-refractivity contribution in [1.29, 1.82) is 0 Å². The number of amides is 1. The van der Waals surface area contributed by atoms with Gasteiger partial charge < -0.3 is 0 Å². The van der Waals surface area contributed by atoms with Crippen LogP contribution in [0.2, 0.25) is 0 Å². The molecule has 1 amide bonds. The topological polar surface area (TPSA) is 89.8 Å². The Balaban J connectivity index is 1.74. The predicted molar refractivity (Wildman–Crippen MR) is 106 cm³/mol. The molecule has 0 spiro atoms. The van der Waals surface area contributed by atoms with Crippen LogP contribution in [0.5, 0.6) is 0 Å². The van der Waals surface area contributed by atoms with Gasteiger partial charge in [0.25, 0.3) is 11.5 Å². The number of hydrogen-bond donors (Lipinski definition) is 1. The standard InChI is InChI=1S/C19H21N5O2S/c1-4-11-24-16(25)10-9-15(23-24)17(26)20-19-22-21-18(27-19)14-7-5-13(6-8-14)12(2)3/h5-10,12H,4,11H2,1-3H3,(H,20,22,26). The lowest BCUT2D eigenvalue weighted by Gasteiger charge is -2.05. The summed E-state index contributed by atoms with van der Waals surface area (Å²) in [5.74, 6) is 0.0458. The van der Waals surface area contributed by atoms with Gasteiger partial charge in [-0.15, -0.1) is 10.2 Å². The van der Waals surface area contributed by atoms with Gasteiger partial charge in [0.15, 0.2) is 0 Å². The number of aryl methyl sites for hydroxylation is 1. The quantitative estimate of drug-likeness (QED) is 0.703. The van der Waals surface area contributed by atoms with Gasteiger partial charge in [-0.3, -0.25) is 14.9 Å². The molecule has 2 heterocycles. The fourth-order valence-electron chi connectivity index (χ4n) is 2.50. The van der Waals surface area contributed by atoms with E-state index in [1.54, 1.807) is 0 Å². The maximum absolute atomic E-state index is 12.4. The Morgan fingerprint density at radius 3 is 2.56 bits per heavy atom. The minimum Gasteiger partial charge on any atom is -0.295 e. The average molecular weight is 383 g/mol. The zero-order valence-electron chi connectivity index (χ0n) is 15.5. The van der Waals surface area contributed by atoms with Crippen molar-refractivity contribution >= 4 is 22.4 Å². The molecule has 0 atom stereocenters. The number of benzene rings is 1. The number of anilines is 1. The molecule has 0 unspecified atom stereocenters. The molecule has 0 fully saturated rings. The molecule has 3 aromatic rings. The van der Waals surface area contributed by atoms with Crippen LogP contribution in [0.15, 0.2) is 41.2 Å². The second-order valence-corrected chi connectivity index (χ2v) is 7.40. The summed E-state index contributed by atoms with van der Waals surface area (Å²) in [6, 6.07) is 10.9. The van der Waals surface area contributed by atoms with Crippen molar-refractivity contribution in [2.45, 2.75) is 39.7 Å². The van der Waals surface area contributed by atoms with Gasteiger partial charge in [0.1, 0.15) is 10.7 Å². The highest BCUT2D eigenvalue weighted by atomic mass is 32.1. The van der Waals surface area contributed by atoms with Gasteiger partial charge in [0, 0.05) is 18.2 Å². The van der Waals surface area contributed by atoms with E-state index in [-0.39, 0.29) is 11.3 Å². The Morgan fingerprint density at radius 1 is 1.15 bits per heavy atom. The van der Waals surface area contributed by atoms with E-state index >= 15 is 0 Å². The van der Waals surface area contributed by atoms with Crippen molar-refractivity contribution in [1.82, 2.24) is 20.0 Å². The maximum atomic E-state index is 12.4. The predicted octanol–water partition coefficient (Wildman–Crippen LogP) is 3.55. The van der Waals surface area contributed by atoms with Crippen molar-refractivity contribution < 1.29 is 4.79 Å². The summed E-state index contributed by atoms with van der Waals surface area (Å²) in [5, 5.41) is 16.1. The summed E-state index contributed by atoms with van der Waals surface area (Å²) in [5.41, 5.74) is 2.15. The highest BCUT2D eigenvalue weighted by Gasteiger charge is 2.14. The number of carbonyl (C=O) groups is 1. The van der Waals surface area contributed by atoms with Crippen molar-refractivity contribution in [3.05, 3.63) is 58.0 Å². The molecule has 8 heteroatoms. The van der Waals surface area contributed by atoms with Crippen molar-refractivity contribution in [3.63, 3.8) is 0 Å². The van der Waals surface area contributed by atoms with E-state index in [4.69, 9.17) is 0 Å². The van der Waals surface area contributed by atoms with Gasteiger partial charge >= 0.3 is 0 Å². The van der Waals surface area contributed by atoms with Gasteiger partial charge in [0.2, 0.25) is 5.13 Å². The van der Waals surface area contributed by atoms with Gasteiger partial charge in [-0.25, -0.2) is 4.68 Å². The minimum absolute atomic E-state index is 0.168. The first-order valence-electron chi connectivity index (χ1n) is 8.81. The molecular formula is C19H21N5O2S. The largest absolute Gasteiger partial charge is 0.295 e. The summed E-state index contributed by atoms with van der Waals surface area (Å²) >= 11 is 1.29. The van der Waals surface area contributed by atoms with Crippen LogP contribution in [0.3, 0.4) is 0 Å². The second kappa shape index (κ2) is 8.22. The smallest absolute Gasteiger partial charge is 0.277 e. The molecule has 3 rings (SSSR count). The molecule has 0 radical (unpaired) electrons. The molecule has 0 saturated carbocycles. The third-order valence-corrected chi connectivity index (χ3v) is 4.89. The number of aromatic nitrogens is 4. The second-order valence-electron chi connectivity index (χ2n) is 6.42. The number of nitrogens with zero attached hydrogens (tertiary/aromatic N) is 4. The summed E-state index contributed by atoms with van der Waals surface area (Å²) in [7, 11) is 0. The maximum Gasteiger partial charge on any atom is 0.277 e. The number of rotatable bonds is 6. The number of nitrogens with one attached hydrogen (secondary N) is 1. The van der Waals surface area contributed by atoms with Crippen LogP contribution in [-0.4, -0.2) is 25.9 Å². The summed E-state index contributed by atoms with van der Waals surface area (Å²) in [6.07, 6.45) is 0.757. The van der Waals surface area contributed by atoms with E-state index in [9.17, 15) is 9.59 Å². The van der Waals surface area contributed by atoms with Crippen molar-refractivity contribution in [2.75, 3.05) is 5.32 Å². The minimum atomic E-state index is -0.419. The zero-order chi connectivity index (χ0) is 19.4. The van der Waals surface area contributed by atoms with Crippen LogP contribution in [0.25, 0.3) is 10.6 Å². The molecule has 0 saturated heterocycles. The molecule has 0 aliphatic heterocycles. The van der Waals surface area contributed by atoms with Crippen LogP contribution in [0.4, 0.5) is 5.13 Å². The lowest BCUT2D eigenvalue weighted by atomic mass is 10.0. The first kappa shape index (κ1) is 18.9. The first-order chi connectivity index (χ1) is 13.0. The average Bonchev–Trinajstić information content (AvgIpc) is 3.12. The fourth-order valence-corrected chi connectivity index (χ4v) is 3.25. The Labute approximate surface area is 161 Å². The lowest BCUT2D eigenvalue weighted by molar-refractivity contribution is 0.101. The van der Waals surface area contributed by atoms with E-state index in [0.29, 0.717) is 17.6 Å². The van der Waals surface area contributed by atoms with Gasteiger partial charge in [-0.1, -0.05) is 56.4 Å². The van der Waals surface area contributed by atoms with Crippen LogP contribution in [0.1, 0.15) is 49.2 Å². The normalized spacial score (nSPS) is 11.0. The van der Waals surface area contributed by atoms with E-state index in [1.165, 1.54) is 33.7 Å². The molecule has 0 aliphatic rings. The molecular weight excluding hydrogens is 362 g/mol. The Hall–Kier alpha value is -2.87. The Kier molecular flexibility index (Phi) is 5.75. The van der Waals surface area contributed by atoms with Gasteiger partial charge in [-0.2, -0.15) is 5.10 Å². The molecule has 1 aromatic carbocycles. The zero-order valence-corrected chi connectivity index (χ0v) is 16.3. The first-order valence-corrected chi connectivity index (χ1v) is 9.63. The molecule has 0 aliphatic carbocycles. The Bertz CT molecular complexity index is 992. The van der Waals surface area contributed by atoms with Gasteiger partial charge in [-0.05, 0) is 24.0 Å². The molecule has 1 N–H and O–H groups in total. The van der Waals surface area contributed by atoms with Crippen LogP contribution < -0.4 is 10.9 Å². The molecule has 2 aromatic heterocycles. The van der Waals surface area contributed by atoms with Crippen LogP contribution >= 0.6 is 11.3 Å². The number of carbonyl (C=O) groups excluding carboxylic acids is 1. The van der Waals surface area contributed by atoms with E-state index in [2.05, 4.69) is 46.6 Å². The summed E-state index contributed by atoms with van der Waals surface area (Å²) in [4.78, 5) is 24.1. The highest BCUT2D eigenvalue weighted by molar-refractivity contribution is 7.18. The van der Waals surface area contributed by atoms with E-state index < -0.39 is 5.91 Å². The molecule has 140 valence electrons. The number of hydrogen-bond acceptors (Lipinski definition) is 6. The summed E-state index contributed by atoms with van der Waals surface area (Å²) < 4.78 is 1.29. The highest BCUT2D eigenvalue weighted by Crippen LogP contribution is 2.27. The van der Waals surface area contributed by atoms with E-state index in [0.717, 1.165) is 17.0 Å². The third kappa shape index (κ3) is 4.46. The third-order valence-electron chi connectivity index (χ3n) is 4.00. The molecule has 7 nitrogen and oxygen atoms in total. The van der Waals surface area contributed by atoms with Crippen LogP contribution in [0, 0.1) is 0 Å². The molecule has 27 heavy (non-hydrogen) atoms. The lowest BCUT2D eigenvalue weighted by Crippen LogP contribution is -2.26. The van der Waals surface area contributed by atoms with Crippen LogP contribution in [-0.2, 0) is 6.54 Å². The van der Waals surface area contributed by atoms with Crippen molar-refractivity contribution in [3.8, 4) is 10.6 Å².